The number of nitrogens with one attached hydrogen (secondary N) is 2. The second-order valence-corrected chi connectivity index (χ2v) is 4.10. The van der Waals surface area contributed by atoms with Crippen LogP contribution in [0.4, 0.5) is 5.82 Å². The van der Waals surface area contributed by atoms with Crippen LogP contribution < -0.4 is 10.6 Å². The first-order valence-electron chi connectivity index (χ1n) is 6.77. The van der Waals surface area contributed by atoms with Gasteiger partial charge in [0.2, 0.25) is 0 Å². The molecule has 1 rings (SSSR count). The van der Waals surface area contributed by atoms with Crippen molar-refractivity contribution >= 4 is 11.7 Å². The summed E-state index contributed by atoms with van der Waals surface area (Å²) in [6.45, 7) is 10.4. The minimum Gasteiger partial charge on any atom is -0.369 e. The van der Waals surface area contributed by atoms with Gasteiger partial charge in [-0.2, -0.15) is 0 Å². The number of nitrogens with zero attached hydrogens (tertiary/aromatic N) is 3. The summed E-state index contributed by atoms with van der Waals surface area (Å²) in [6, 6.07) is 0. The fourth-order valence-electron chi connectivity index (χ4n) is 1.68. The zero-order valence-corrected chi connectivity index (χ0v) is 11.9. The van der Waals surface area contributed by atoms with Crippen molar-refractivity contribution in [1.82, 2.24) is 20.2 Å². The minimum absolute atomic E-state index is 0.178. The molecule has 0 saturated carbocycles. The fraction of sp³-hybridized carbons (Fsp3) is 0.615. The van der Waals surface area contributed by atoms with Gasteiger partial charge in [0, 0.05) is 19.6 Å². The van der Waals surface area contributed by atoms with Crippen molar-refractivity contribution in [1.29, 1.82) is 0 Å². The lowest BCUT2D eigenvalue weighted by Crippen LogP contribution is -2.35. The van der Waals surface area contributed by atoms with Gasteiger partial charge in [0.15, 0.2) is 0 Å². The first kappa shape index (κ1) is 15.4. The first-order chi connectivity index (χ1) is 9.21. The molecule has 6 heteroatoms. The van der Waals surface area contributed by atoms with Crippen LogP contribution >= 0.6 is 0 Å². The van der Waals surface area contributed by atoms with Crippen LogP contribution in [0.2, 0.25) is 0 Å². The Bertz CT molecular complexity index is 375. The van der Waals surface area contributed by atoms with E-state index in [1.165, 1.54) is 6.20 Å². The zero-order valence-electron chi connectivity index (χ0n) is 11.9. The van der Waals surface area contributed by atoms with Crippen LogP contribution in [-0.4, -0.2) is 53.5 Å². The lowest BCUT2D eigenvalue weighted by Gasteiger charge is -2.17. The lowest BCUT2D eigenvalue weighted by molar-refractivity contribution is 0.0943. The van der Waals surface area contributed by atoms with E-state index >= 15 is 0 Å². The number of carbonyl (C=O) groups excluding carboxylic acids is 1. The molecule has 6 nitrogen and oxygen atoms in total. The van der Waals surface area contributed by atoms with Crippen molar-refractivity contribution in [2.24, 2.45) is 0 Å². The predicted molar refractivity (Wildman–Crippen MR) is 76.3 cm³/mol. The van der Waals surface area contributed by atoms with E-state index in [1.54, 1.807) is 6.20 Å². The van der Waals surface area contributed by atoms with Crippen molar-refractivity contribution in [3.8, 4) is 0 Å². The van der Waals surface area contributed by atoms with E-state index in [9.17, 15) is 4.79 Å². The quantitative estimate of drug-likeness (QED) is 0.733. The summed E-state index contributed by atoms with van der Waals surface area (Å²) < 4.78 is 0. The van der Waals surface area contributed by atoms with E-state index < -0.39 is 0 Å². The first-order valence-corrected chi connectivity index (χ1v) is 6.77. The Morgan fingerprint density at radius 2 is 1.95 bits per heavy atom. The van der Waals surface area contributed by atoms with Gasteiger partial charge in [0.1, 0.15) is 11.5 Å². The molecule has 0 aliphatic carbocycles. The van der Waals surface area contributed by atoms with Gasteiger partial charge in [0.25, 0.3) is 5.91 Å². The molecule has 0 fully saturated rings. The molecule has 1 aromatic heterocycles. The topological polar surface area (TPSA) is 70.2 Å². The summed E-state index contributed by atoms with van der Waals surface area (Å²) >= 11 is 0. The molecule has 0 bridgehead atoms. The number of anilines is 1. The molecule has 0 radical (unpaired) electrons. The lowest BCUT2D eigenvalue weighted by atomic mass is 10.4. The molecule has 0 aliphatic heterocycles. The fourth-order valence-corrected chi connectivity index (χ4v) is 1.68. The summed E-state index contributed by atoms with van der Waals surface area (Å²) in [5.41, 5.74) is 0.348. The Kier molecular flexibility index (Phi) is 6.81. The molecule has 0 aliphatic rings. The SMILES string of the molecule is CCNc1cnc(C(=O)NCCN(CC)CC)cn1. The van der Waals surface area contributed by atoms with Crippen LogP contribution in [0.1, 0.15) is 31.3 Å². The highest BCUT2D eigenvalue weighted by Gasteiger charge is 2.07. The number of likely N-dealkylation sites (N-methyl/N-ethyl adjacent to an activating group) is 1. The molecular weight excluding hydrogens is 242 g/mol. The third-order valence-corrected chi connectivity index (χ3v) is 2.85. The molecule has 1 amide bonds. The average molecular weight is 265 g/mol. The second-order valence-electron chi connectivity index (χ2n) is 4.10. The standard InChI is InChI=1S/C13H23N5O/c1-4-14-12-10-16-11(9-17-12)13(19)15-7-8-18(5-2)6-3/h9-10H,4-8H2,1-3H3,(H,14,17)(H,15,19). The van der Waals surface area contributed by atoms with E-state index in [-0.39, 0.29) is 5.91 Å². The number of hydrogen-bond acceptors (Lipinski definition) is 5. The van der Waals surface area contributed by atoms with Crippen LogP contribution in [0.25, 0.3) is 0 Å². The highest BCUT2D eigenvalue weighted by molar-refractivity contribution is 5.91. The maximum absolute atomic E-state index is 11.8. The highest BCUT2D eigenvalue weighted by Crippen LogP contribution is 2.00. The van der Waals surface area contributed by atoms with Crippen LogP contribution in [0, 0.1) is 0 Å². The zero-order chi connectivity index (χ0) is 14.1. The molecular formula is C13H23N5O. The summed E-state index contributed by atoms with van der Waals surface area (Å²) in [7, 11) is 0. The maximum atomic E-state index is 11.8. The Labute approximate surface area is 114 Å². The van der Waals surface area contributed by atoms with Gasteiger partial charge in [-0.05, 0) is 20.0 Å². The molecule has 0 spiro atoms. The van der Waals surface area contributed by atoms with Crippen LogP contribution in [-0.2, 0) is 0 Å². The van der Waals surface area contributed by atoms with E-state index in [2.05, 4.69) is 39.3 Å². The monoisotopic (exact) mass is 265 g/mol. The Morgan fingerprint density at radius 3 is 2.47 bits per heavy atom. The van der Waals surface area contributed by atoms with Gasteiger partial charge in [0.05, 0.1) is 12.4 Å². The summed E-state index contributed by atoms with van der Waals surface area (Å²) in [4.78, 5) is 22.3. The van der Waals surface area contributed by atoms with E-state index in [4.69, 9.17) is 0 Å². The largest absolute Gasteiger partial charge is 0.369 e. The molecule has 0 unspecified atom stereocenters. The third-order valence-electron chi connectivity index (χ3n) is 2.85. The van der Waals surface area contributed by atoms with E-state index in [0.29, 0.717) is 18.1 Å². The van der Waals surface area contributed by atoms with Gasteiger partial charge in [-0.3, -0.25) is 4.79 Å². The highest BCUT2D eigenvalue weighted by atomic mass is 16.1. The second kappa shape index (κ2) is 8.42. The summed E-state index contributed by atoms with van der Waals surface area (Å²) in [6.07, 6.45) is 3.06. The van der Waals surface area contributed by atoms with Crippen molar-refractivity contribution in [3.05, 3.63) is 18.1 Å². The summed E-state index contributed by atoms with van der Waals surface area (Å²) in [5, 5.41) is 5.88. The van der Waals surface area contributed by atoms with Crippen molar-refractivity contribution < 1.29 is 4.79 Å². The number of aromatic nitrogens is 2. The molecule has 19 heavy (non-hydrogen) atoms. The van der Waals surface area contributed by atoms with Crippen molar-refractivity contribution in [2.45, 2.75) is 20.8 Å². The van der Waals surface area contributed by atoms with Gasteiger partial charge in [-0.25, -0.2) is 9.97 Å². The molecule has 2 N–H and O–H groups in total. The molecule has 0 saturated heterocycles. The van der Waals surface area contributed by atoms with Crippen LogP contribution in [0.15, 0.2) is 12.4 Å². The molecule has 106 valence electrons. The third kappa shape index (κ3) is 5.21. The molecule has 0 aromatic carbocycles. The Morgan fingerprint density at radius 1 is 1.21 bits per heavy atom. The van der Waals surface area contributed by atoms with Gasteiger partial charge >= 0.3 is 0 Å². The summed E-state index contributed by atoms with van der Waals surface area (Å²) in [5.74, 6) is 0.505. The number of carbonyl (C=O) groups is 1. The van der Waals surface area contributed by atoms with E-state index in [1.807, 2.05) is 6.92 Å². The maximum Gasteiger partial charge on any atom is 0.271 e. The number of hydrogen-bond donors (Lipinski definition) is 2. The van der Waals surface area contributed by atoms with Crippen LogP contribution in [0.3, 0.4) is 0 Å². The Hall–Kier alpha value is -1.69. The minimum atomic E-state index is -0.178. The normalized spacial score (nSPS) is 10.5. The number of amides is 1. The smallest absolute Gasteiger partial charge is 0.271 e. The molecule has 0 atom stereocenters. The van der Waals surface area contributed by atoms with Gasteiger partial charge in [-0.15, -0.1) is 0 Å². The Balaban J connectivity index is 2.40. The van der Waals surface area contributed by atoms with E-state index in [0.717, 1.165) is 26.2 Å². The van der Waals surface area contributed by atoms with Crippen molar-refractivity contribution in [3.63, 3.8) is 0 Å². The molecule has 1 aromatic rings. The van der Waals surface area contributed by atoms with Crippen LogP contribution in [0.5, 0.6) is 0 Å². The van der Waals surface area contributed by atoms with Gasteiger partial charge in [-0.1, -0.05) is 13.8 Å². The predicted octanol–water partition coefficient (Wildman–Crippen LogP) is 0.980. The average Bonchev–Trinajstić information content (AvgIpc) is 2.44. The number of rotatable bonds is 8. The molecule has 1 heterocycles. The van der Waals surface area contributed by atoms with Crippen molar-refractivity contribution in [2.75, 3.05) is 38.0 Å². The van der Waals surface area contributed by atoms with Gasteiger partial charge < -0.3 is 15.5 Å².